The lowest BCUT2D eigenvalue weighted by molar-refractivity contribution is -0.142. The molecule has 4 heterocycles. The smallest absolute Gasteiger partial charge is 0.305 e. The topological polar surface area (TPSA) is 679 Å². The molecular formula is C85H121N23O20S2. The predicted molar refractivity (Wildman–Crippen MR) is 483 cm³/mol. The number of carbonyl (C=O) groups excluding carboxylic acids is 15. The number of aryl methyl sites for hydroxylation is 1. The third-order valence-corrected chi connectivity index (χ3v) is 24.1. The summed E-state index contributed by atoms with van der Waals surface area (Å²) in [6.45, 7) is 11.4. The molecule has 0 saturated carbocycles. The number of nitrogens with two attached hydrogens (primary N) is 4. The van der Waals surface area contributed by atoms with Crippen molar-refractivity contribution < 1.29 is 96.8 Å². The fourth-order valence-electron chi connectivity index (χ4n) is 14.2. The number of nitrogens with one attached hydrogen (secondary N) is 15. The zero-order chi connectivity index (χ0) is 96.5. The maximum Gasteiger partial charge on any atom is 0.305 e. The van der Waals surface area contributed by atoms with E-state index >= 15 is 28.8 Å². The summed E-state index contributed by atoms with van der Waals surface area (Å²) in [6, 6.07) is -1.05. The van der Waals surface area contributed by atoms with E-state index in [1.165, 1.54) is 45.7 Å². The van der Waals surface area contributed by atoms with Crippen molar-refractivity contribution in [3.05, 3.63) is 120 Å². The van der Waals surface area contributed by atoms with E-state index in [1.54, 1.807) is 126 Å². The van der Waals surface area contributed by atoms with Crippen LogP contribution in [0.1, 0.15) is 123 Å². The molecule has 3 aromatic carbocycles. The number of phenolic OH excluding ortho intramolecular Hbond substituents is 1. The lowest BCUT2D eigenvalue weighted by Crippen LogP contribution is -2.62. The summed E-state index contributed by atoms with van der Waals surface area (Å²) in [5, 5.41) is 68.2. The van der Waals surface area contributed by atoms with E-state index in [4.69, 9.17) is 38.2 Å². The van der Waals surface area contributed by atoms with Crippen molar-refractivity contribution >= 4 is 150 Å². The van der Waals surface area contributed by atoms with Crippen molar-refractivity contribution in [1.29, 1.82) is 5.41 Å². The van der Waals surface area contributed by atoms with Crippen molar-refractivity contribution in [3.8, 4) is 5.75 Å². The summed E-state index contributed by atoms with van der Waals surface area (Å²) in [6.07, 6.45) is 2.85. The second-order valence-corrected chi connectivity index (χ2v) is 34.8. The second kappa shape index (κ2) is 51.0. The lowest BCUT2D eigenvalue weighted by atomic mass is 9.97. The van der Waals surface area contributed by atoms with Gasteiger partial charge in [0.25, 0.3) is 5.97 Å². The highest BCUT2D eigenvalue weighted by Gasteiger charge is 2.41. The second-order valence-electron chi connectivity index (χ2n) is 32.2. The number of para-hydroxylation sites is 2. The minimum absolute atomic E-state index is 0.0137. The van der Waals surface area contributed by atoms with Gasteiger partial charge in [-0.15, -0.1) is 0 Å². The first-order valence-electron chi connectivity index (χ1n) is 42.2. The summed E-state index contributed by atoms with van der Waals surface area (Å²) in [7, 11) is 5.95. The number of hydrogen-bond acceptors (Lipinski definition) is 23. The predicted octanol–water partition coefficient (Wildman–Crippen LogP) is -1.95. The summed E-state index contributed by atoms with van der Waals surface area (Å²) < 4.78 is 1.75. The summed E-state index contributed by atoms with van der Waals surface area (Å²) in [4.78, 5) is 254. The van der Waals surface area contributed by atoms with Gasteiger partial charge in [0.2, 0.25) is 88.6 Å². The molecule has 15 amide bonds. The SMILES string of the molecule is CC(=O)O.CCC(C)C(NC(=O)C(N)Cc1ccc(O)cc1)C(=O)NC1CSSCC(C(=O)N(C)C(C(N)=O)C(C)CC)NC(=O)C(CCCNC(=N)N)NC(=O)C(Cc2cnc[nH]2)NC(=O)C(C)NC(=O)CN(C)C(=O)C(Cc2c[nH]c3ccccc23)NC(=O)C(CC(=O)O)NC(=O)C(CCC(N)=O)NC(=O)C(Cc2cn(C)c3ccccc23)NC(=O)C(C(C)C)NC1=O. The van der Waals surface area contributed by atoms with Crippen molar-refractivity contribution in [1.82, 2.24) is 93.1 Å². The Kier molecular flexibility index (Phi) is 41.4. The average molecular weight is 1850 g/mol. The van der Waals surface area contributed by atoms with Gasteiger partial charge < -0.3 is 126 Å². The number of likely N-dealkylation sites (N-methyl/N-ethyl adjacent to an activating group) is 2. The zero-order valence-electron chi connectivity index (χ0n) is 74.3. The number of aromatic nitrogens is 4. The van der Waals surface area contributed by atoms with E-state index < -0.39 is 240 Å². The molecule has 3 aromatic heterocycles. The van der Waals surface area contributed by atoms with Crippen LogP contribution in [-0.4, -0.2) is 268 Å². The molecule has 1 aliphatic rings. The molecule has 15 atom stereocenters. The summed E-state index contributed by atoms with van der Waals surface area (Å²) >= 11 is 0. The molecule has 0 radical (unpaired) electrons. The Labute approximate surface area is 758 Å². The Morgan fingerprint density at radius 3 is 1.82 bits per heavy atom. The van der Waals surface area contributed by atoms with Crippen LogP contribution in [0.2, 0.25) is 0 Å². The maximum atomic E-state index is 15.5. The number of hydrogen-bond donors (Lipinski definition) is 22. The number of carboxylic acid groups (broad SMARTS) is 2. The highest BCUT2D eigenvalue weighted by molar-refractivity contribution is 8.76. The summed E-state index contributed by atoms with van der Waals surface area (Å²) in [5.74, 6) is -20.9. The third kappa shape index (κ3) is 32.5. The number of aromatic hydroxyl groups is 1. The van der Waals surface area contributed by atoms with Crippen LogP contribution in [0, 0.1) is 23.2 Å². The molecule has 0 spiro atoms. The first-order valence-corrected chi connectivity index (χ1v) is 44.7. The van der Waals surface area contributed by atoms with Crippen LogP contribution in [0.25, 0.3) is 21.8 Å². The molecule has 6 aromatic rings. The van der Waals surface area contributed by atoms with Crippen LogP contribution >= 0.6 is 21.6 Å². The molecule has 0 aliphatic carbocycles. The zero-order valence-corrected chi connectivity index (χ0v) is 75.9. The Morgan fingerprint density at radius 1 is 0.646 bits per heavy atom. The Bertz CT molecular complexity index is 4990. The number of guanidine groups is 1. The molecule has 130 heavy (non-hydrogen) atoms. The fourth-order valence-corrected chi connectivity index (χ4v) is 16.5. The molecule has 1 saturated heterocycles. The number of aliphatic carboxylic acids is 2. The molecule has 26 N–H and O–H groups in total. The Hall–Kier alpha value is -13.3. The van der Waals surface area contributed by atoms with E-state index in [2.05, 4.69) is 78.8 Å². The largest absolute Gasteiger partial charge is 0.508 e. The van der Waals surface area contributed by atoms with E-state index in [-0.39, 0.29) is 62.9 Å². The Balaban J connectivity index is 0.00000637. The van der Waals surface area contributed by atoms with Gasteiger partial charge in [0.05, 0.1) is 25.3 Å². The number of nitrogens with zero attached hydrogens (tertiary/aromatic N) is 4. The van der Waals surface area contributed by atoms with Crippen molar-refractivity contribution in [3.63, 3.8) is 0 Å². The van der Waals surface area contributed by atoms with Gasteiger partial charge in [-0.2, -0.15) is 0 Å². The van der Waals surface area contributed by atoms with Gasteiger partial charge >= 0.3 is 5.97 Å². The maximum absolute atomic E-state index is 15.5. The quantitative estimate of drug-likeness (QED) is 0.0105. The molecule has 0 bridgehead atoms. The van der Waals surface area contributed by atoms with Gasteiger partial charge in [0.1, 0.15) is 78.3 Å². The first kappa shape index (κ1) is 105. The van der Waals surface area contributed by atoms with Gasteiger partial charge in [-0.1, -0.05) is 125 Å². The number of H-pyrrole nitrogens is 2. The van der Waals surface area contributed by atoms with Gasteiger partial charge in [-0.05, 0) is 91.3 Å². The standard InChI is InChI=1S/C83H117N23O18S2.C2H4O2/c1-11-43(5)68(103-72(114)53(84)30-46-23-25-50(107)26-24-46)80(122)100-61-39-125-126-40-62(82(124)106(10)69(70(86)112)44(6)12-2)101-73(115)55(21-17-29-90-83(87)88)94-76(118)58(33-49-36-89-41-92-49)96-71(113)45(7)93-65(109)38-105(9)81(123)60(31-47-35-91-54-20-15-13-18-51(47)54)99-77(119)59(34-66(110)111)97-74(116)56(27-28-64(85)108)95-75(117)57(98-79(121)67(42(3)4)102-78(61)120)32-48-37-104(8)63-22-16-14-19-52(48)63;1-2(3)4/h13-16,18-20,22-26,35-37,41-45,53,55-62,67-69,91,107H,11-12,17,21,27-34,38-40,84H2,1-10H3,(H2,85,108)(H2,86,112)(H,89,92)(H,93,109)(H,94,118)(H,95,117)(H,96,113)(H,97,116)(H,98,121)(H,99,119)(H,100,122)(H,101,115)(H,102,120)(H,103,114)(H,110,111)(H4,87,88,90);1H3,(H,3,4). The summed E-state index contributed by atoms with van der Waals surface area (Å²) in [5.41, 5.74) is 26.7. The lowest BCUT2D eigenvalue weighted by Gasteiger charge is -2.33. The van der Waals surface area contributed by atoms with E-state index in [1.807, 2.05) is 0 Å². The number of rotatable bonds is 29. The number of primary amides is 2. The van der Waals surface area contributed by atoms with Crippen LogP contribution in [0.3, 0.4) is 0 Å². The van der Waals surface area contributed by atoms with Crippen molar-refractivity contribution in [2.45, 2.75) is 205 Å². The van der Waals surface area contributed by atoms with Crippen LogP contribution in [0.4, 0.5) is 0 Å². The highest BCUT2D eigenvalue weighted by atomic mass is 33.1. The monoisotopic (exact) mass is 1850 g/mol. The molecule has 708 valence electrons. The van der Waals surface area contributed by atoms with Crippen LogP contribution in [0.15, 0.2) is 97.7 Å². The van der Waals surface area contributed by atoms with Crippen LogP contribution in [-0.2, 0) is 114 Å². The van der Waals surface area contributed by atoms with Gasteiger partial charge in [-0.3, -0.25) is 86.9 Å². The number of benzene rings is 3. The number of phenols is 1. The van der Waals surface area contributed by atoms with Crippen LogP contribution < -0.4 is 86.7 Å². The highest BCUT2D eigenvalue weighted by Crippen LogP contribution is 2.28. The van der Waals surface area contributed by atoms with Crippen LogP contribution in [0.5, 0.6) is 5.75 Å². The molecule has 15 unspecified atom stereocenters. The fraction of sp³-hybridized carbons (Fsp3) is 0.494. The number of imidazole rings is 1. The minimum Gasteiger partial charge on any atom is -0.508 e. The Morgan fingerprint density at radius 2 is 1.21 bits per heavy atom. The number of fused-ring (bicyclic) bond motifs is 2. The van der Waals surface area contributed by atoms with Gasteiger partial charge in [0.15, 0.2) is 5.96 Å². The molecule has 43 nitrogen and oxygen atoms in total. The average Bonchev–Trinajstić information content (AvgIpc) is 1.65. The van der Waals surface area contributed by atoms with Crippen molar-refractivity contribution in [2.75, 3.05) is 38.7 Å². The number of carbonyl (C=O) groups is 17. The van der Waals surface area contributed by atoms with E-state index in [0.717, 1.165) is 38.3 Å². The third-order valence-electron chi connectivity index (χ3n) is 21.6. The normalized spacial score (nSPS) is 21.4. The number of carboxylic acids is 2. The molecule has 1 fully saturated rings. The van der Waals surface area contributed by atoms with E-state index in [0.29, 0.717) is 44.9 Å². The molecule has 45 heteroatoms. The number of amides is 15. The number of aromatic amines is 2. The minimum atomic E-state index is -2.07. The first-order chi connectivity index (χ1) is 61.4. The molecule has 7 rings (SSSR count). The van der Waals surface area contributed by atoms with Gasteiger partial charge in [0, 0.05) is 118 Å². The molecular weight excluding hydrogens is 1730 g/mol. The van der Waals surface area contributed by atoms with Gasteiger partial charge in [-0.25, -0.2) is 4.98 Å². The van der Waals surface area contributed by atoms with Crippen molar-refractivity contribution in [2.24, 2.45) is 47.7 Å². The van der Waals surface area contributed by atoms with E-state index in [9.17, 15) is 58.2 Å². The molecule has 1 aliphatic heterocycles.